The Kier molecular flexibility index (Phi) is 5.83. The molecule has 0 spiro atoms. The van der Waals surface area contributed by atoms with Crippen molar-refractivity contribution in [3.05, 3.63) is 82.1 Å². The molecule has 0 bridgehead atoms. The maximum absolute atomic E-state index is 14.7. The van der Waals surface area contributed by atoms with E-state index in [1.54, 1.807) is 24.3 Å². The Morgan fingerprint density at radius 2 is 1.83 bits per heavy atom. The number of nitriles is 1. The van der Waals surface area contributed by atoms with Crippen LogP contribution in [0.2, 0.25) is 5.02 Å². The van der Waals surface area contributed by atoms with Gasteiger partial charge in [-0.1, -0.05) is 17.5 Å². The van der Waals surface area contributed by atoms with Crippen molar-refractivity contribution in [1.82, 2.24) is 0 Å². The van der Waals surface area contributed by atoms with Gasteiger partial charge in [0.25, 0.3) is 5.91 Å². The molecular formula is C23H14ClFN2O2. The number of anilines is 1. The first-order chi connectivity index (χ1) is 14.0. The maximum atomic E-state index is 14.7. The zero-order valence-electron chi connectivity index (χ0n) is 15.3. The molecule has 0 aliphatic carbocycles. The summed E-state index contributed by atoms with van der Waals surface area (Å²) in [4.78, 5) is 13.0. The number of terminal acetylenes is 1. The first-order valence-electron chi connectivity index (χ1n) is 8.42. The van der Waals surface area contributed by atoms with Crippen LogP contribution in [0.15, 0.2) is 54.6 Å². The second-order valence-corrected chi connectivity index (χ2v) is 6.45. The van der Waals surface area contributed by atoms with Crippen molar-refractivity contribution in [2.24, 2.45) is 0 Å². The van der Waals surface area contributed by atoms with E-state index in [1.807, 2.05) is 6.07 Å². The van der Waals surface area contributed by atoms with E-state index >= 15 is 0 Å². The first kappa shape index (κ1) is 19.9. The number of nitrogens with zero attached hydrogens (tertiary/aromatic N) is 1. The lowest BCUT2D eigenvalue weighted by Crippen LogP contribution is -2.14. The summed E-state index contributed by atoms with van der Waals surface area (Å²) < 4.78 is 20.0. The zero-order chi connectivity index (χ0) is 21.0. The highest BCUT2D eigenvalue weighted by molar-refractivity contribution is 6.31. The molecular weight excluding hydrogens is 391 g/mol. The fourth-order valence-corrected chi connectivity index (χ4v) is 3.04. The highest BCUT2D eigenvalue weighted by Gasteiger charge is 2.22. The lowest BCUT2D eigenvalue weighted by atomic mass is 9.96. The minimum atomic E-state index is -0.655. The smallest absolute Gasteiger partial charge is 0.256 e. The number of methoxy groups -OCH3 is 1. The predicted octanol–water partition coefficient (Wildman–Crippen LogP) is 5.26. The van der Waals surface area contributed by atoms with E-state index < -0.39 is 11.7 Å². The van der Waals surface area contributed by atoms with Crippen LogP contribution >= 0.6 is 11.6 Å². The largest absolute Gasteiger partial charge is 0.496 e. The van der Waals surface area contributed by atoms with Gasteiger partial charge in [0.05, 0.1) is 24.3 Å². The molecule has 3 aromatic rings. The minimum Gasteiger partial charge on any atom is -0.496 e. The number of rotatable bonds is 4. The van der Waals surface area contributed by atoms with Crippen molar-refractivity contribution in [3.8, 4) is 35.3 Å². The lowest BCUT2D eigenvalue weighted by Gasteiger charge is -2.16. The summed E-state index contributed by atoms with van der Waals surface area (Å²) in [5.74, 6) is 1.57. The Hall–Kier alpha value is -3.80. The van der Waals surface area contributed by atoms with Gasteiger partial charge in [-0.15, -0.1) is 6.42 Å². The molecule has 0 saturated heterocycles. The molecule has 0 atom stereocenters. The molecule has 4 nitrogen and oxygen atoms in total. The number of hydrogen-bond donors (Lipinski definition) is 1. The van der Waals surface area contributed by atoms with E-state index in [4.69, 9.17) is 28.0 Å². The third-order valence-corrected chi connectivity index (χ3v) is 4.43. The molecule has 142 valence electrons. The number of hydrogen-bond acceptors (Lipinski definition) is 3. The molecule has 0 radical (unpaired) electrons. The Morgan fingerprint density at radius 1 is 1.14 bits per heavy atom. The number of benzene rings is 3. The van der Waals surface area contributed by atoms with Gasteiger partial charge >= 0.3 is 0 Å². The summed E-state index contributed by atoms with van der Waals surface area (Å²) in [6, 6.07) is 15.5. The van der Waals surface area contributed by atoms with Crippen molar-refractivity contribution in [3.63, 3.8) is 0 Å². The standard InChI is InChI=1S/C23H14ClFN2O2/c1-3-14-4-7-17(8-5-14)27-23(28)19-11-16(24)12-21(29-2)22(19)18-9-6-15(13-26)10-20(18)25/h1,4-12H,2H3,(H,27,28). The normalized spacial score (nSPS) is 9.97. The number of nitrogens with one attached hydrogen (secondary N) is 1. The van der Waals surface area contributed by atoms with Crippen molar-refractivity contribution in [1.29, 1.82) is 5.26 Å². The molecule has 0 fully saturated rings. The third-order valence-electron chi connectivity index (χ3n) is 4.21. The highest BCUT2D eigenvalue weighted by Crippen LogP contribution is 2.38. The predicted molar refractivity (Wildman–Crippen MR) is 110 cm³/mol. The molecule has 0 saturated carbocycles. The van der Waals surface area contributed by atoms with Gasteiger partial charge < -0.3 is 10.1 Å². The molecule has 0 unspecified atom stereocenters. The van der Waals surface area contributed by atoms with Gasteiger partial charge in [-0.25, -0.2) is 4.39 Å². The summed E-state index contributed by atoms with van der Waals surface area (Å²) in [5.41, 5.74) is 1.83. The van der Waals surface area contributed by atoms with Crippen LogP contribution in [0, 0.1) is 29.5 Å². The summed E-state index contributed by atoms with van der Waals surface area (Å²) in [7, 11) is 1.40. The van der Waals surface area contributed by atoms with E-state index in [0.29, 0.717) is 11.3 Å². The number of halogens is 2. The van der Waals surface area contributed by atoms with Crippen LogP contribution < -0.4 is 10.1 Å². The molecule has 0 aliphatic rings. The van der Waals surface area contributed by atoms with Crippen LogP contribution in [0.4, 0.5) is 10.1 Å². The van der Waals surface area contributed by atoms with E-state index in [0.717, 1.165) is 6.07 Å². The highest BCUT2D eigenvalue weighted by atomic mass is 35.5. The average molecular weight is 405 g/mol. The SMILES string of the molecule is C#Cc1ccc(NC(=O)c2cc(Cl)cc(OC)c2-c2ccc(C#N)cc2F)cc1. The molecule has 1 N–H and O–H groups in total. The van der Waals surface area contributed by atoms with Crippen LogP contribution in [0.1, 0.15) is 21.5 Å². The molecule has 0 aliphatic heterocycles. The average Bonchev–Trinajstić information content (AvgIpc) is 2.73. The van der Waals surface area contributed by atoms with Gasteiger partial charge in [0.15, 0.2) is 0 Å². The Bertz CT molecular complexity index is 1180. The second kappa shape index (κ2) is 8.48. The number of amides is 1. The van der Waals surface area contributed by atoms with Gasteiger partial charge in [-0.05, 0) is 54.6 Å². The monoisotopic (exact) mass is 404 g/mol. The number of ether oxygens (including phenoxy) is 1. The molecule has 0 aromatic heterocycles. The van der Waals surface area contributed by atoms with Crippen LogP contribution in [-0.4, -0.2) is 13.0 Å². The topological polar surface area (TPSA) is 62.1 Å². The molecule has 0 heterocycles. The van der Waals surface area contributed by atoms with Crippen molar-refractivity contribution in [2.45, 2.75) is 0 Å². The Balaban J connectivity index is 2.10. The maximum Gasteiger partial charge on any atom is 0.256 e. The fraction of sp³-hybridized carbons (Fsp3) is 0.0435. The van der Waals surface area contributed by atoms with Gasteiger partial charge in [-0.3, -0.25) is 4.79 Å². The first-order valence-corrected chi connectivity index (χ1v) is 8.80. The summed E-state index contributed by atoms with van der Waals surface area (Å²) in [6.07, 6.45) is 5.34. The molecule has 3 rings (SSSR count). The molecule has 1 amide bonds. The van der Waals surface area contributed by atoms with E-state index in [1.165, 1.54) is 31.4 Å². The van der Waals surface area contributed by atoms with Crippen molar-refractivity contribution >= 4 is 23.2 Å². The van der Waals surface area contributed by atoms with Gasteiger partial charge in [0.2, 0.25) is 0 Å². The van der Waals surface area contributed by atoms with Crippen LogP contribution in [0.3, 0.4) is 0 Å². The van der Waals surface area contributed by atoms with Gasteiger partial charge in [0.1, 0.15) is 11.6 Å². The lowest BCUT2D eigenvalue weighted by molar-refractivity contribution is 0.102. The van der Waals surface area contributed by atoms with Crippen LogP contribution in [-0.2, 0) is 0 Å². The van der Waals surface area contributed by atoms with Gasteiger partial charge in [-0.2, -0.15) is 5.26 Å². The van der Waals surface area contributed by atoms with E-state index in [-0.39, 0.29) is 33.0 Å². The minimum absolute atomic E-state index is 0.116. The number of carbonyl (C=O) groups is 1. The third kappa shape index (κ3) is 4.21. The summed E-state index contributed by atoms with van der Waals surface area (Å²) >= 11 is 6.14. The van der Waals surface area contributed by atoms with Crippen molar-refractivity contribution < 1.29 is 13.9 Å². The molecule has 6 heteroatoms. The van der Waals surface area contributed by atoms with Crippen LogP contribution in [0.25, 0.3) is 11.1 Å². The summed E-state index contributed by atoms with van der Waals surface area (Å²) in [6.45, 7) is 0. The number of carbonyl (C=O) groups excluding carboxylic acids is 1. The van der Waals surface area contributed by atoms with Crippen LogP contribution in [0.5, 0.6) is 5.75 Å². The Labute approximate surface area is 172 Å². The quantitative estimate of drug-likeness (QED) is 0.603. The van der Waals surface area contributed by atoms with E-state index in [2.05, 4.69) is 11.2 Å². The Morgan fingerprint density at radius 3 is 2.41 bits per heavy atom. The summed E-state index contributed by atoms with van der Waals surface area (Å²) in [5, 5.41) is 12.0. The zero-order valence-corrected chi connectivity index (χ0v) is 16.0. The van der Waals surface area contributed by atoms with Gasteiger partial charge in [0, 0.05) is 27.4 Å². The van der Waals surface area contributed by atoms with Crippen molar-refractivity contribution in [2.75, 3.05) is 12.4 Å². The fourth-order valence-electron chi connectivity index (χ4n) is 2.84. The molecule has 29 heavy (non-hydrogen) atoms. The van der Waals surface area contributed by atoms with E-state index in [9.17, 15) is 9.18 Å². The second-order valence-electron chi connectivity index (χ2n) is 6.01. The molecule has 3 aromatic carbocycles.